The molecule has 5 heteroatoms. The van der Waals surface area contributed by atoms with Gasteiger partial charge in [-0.2, -0.15) is 0 Å². The smallest absolute Gasteiger partial charge is 0.276 e. The Bertz CT molecular complexity index is 679. The van der Waals surface area contributed by atoms with Crippen molar-refractivity contribution in [2.24, 2.45) is 0 Å². The number of likely N-dealkylation sites (tertiary alicyclic amines) is 1. The molecule has 0 aromatic carbocycles. The van der Waals surface area contributed by atoms with Gasteiger partial charge in [0, 0.05) is 30.9 Å². The molecule has 1 amide bonds. The number of pyridine rings is 1. The van der Waals surface area contributed by atoms with Gasteiger partial charge in [-0.05, 0) is 43.4 Å². The number of carbonyl (C=O) groups is 1. The van der Waals surface area contributed by atoms with E-state index in [0.29, 0.717) is 11.6 Å². The topological polar surface area (TPSA) is 59.2 Å². The number of hydrogen-bond donors (Lipinski definition) is 0. The largest absolute Gasteiger partial charge is 0.360 e. The monoisotopic (exact) mass is 311 g/mol. The number of nitrogens with zero attached hydrogens (tertiary/aromatic N) is 3. The molecule has 1 aliphatic heterocycles. The fourth-order valence-corrected chi connectivity index (χ4v) is 3.38. The van der Waals surface area contributed by atoms with Gasteiger partial charge in [0.15, 0.2) is 5.69 Å². The van der Waals surface area contributed by atoms with Crippen molar-refractivity contribution < 1.29 is 9.32 Å². The normalized spacial score (nSPS) is 21.9. The van der Waals surface area contributed by atoms with E-state index >= 15 is 0 Å². The Kier molecular flexibility index (Phi) is 3.85. The van der Waals surface area contributed by atoms with Crippen LogP contribution in [0, 0.1) is 0 Å². The van der Waals surface area contributed by atoms with E-state index in [1.54, 1.807) is 12.4 Å². The maximum Gasteiger partial charge on any atom is 0.276 e. The first-order valence-electron chi connectivity index (χ1n) is 8.50. The molecule has 23 heavy (non-hydrogen) atoms. The highest BCUT2D eigenvalue weighted by atomic mass is 16.5. The lowest BCUT2D eigenvalue weighted by Crippen LogP contribution is -2.35. The summed E-state index contributed by atoms with van der Waals surface area (Å²) < 4.78 is 5.37. The van der Waals surface area contributed by atoms with Crippen LogP contribution in [0.3, 0.4) is 0 Å². The predicted octanol–water partition coefficient (Wildman–Crippen LogP) is 3.70. The second-order valence-corrected chi connectivity index (χ2v) is 6.53. The quantitative estimate of drug-likeness (QED) is 0.867. The molecule has 5 nitrogen and oxygen atoms in total. The molecule has 0 N–H and O–H groups in total. The molecule has 1 unspecified atom stereocenters. The lowest BCUT2D eigenvalue weighted by molar-refractivity contribution is 0.0670. The van der Waals surface area contributed by atoms with Crippen molar-refractivity contribution >= 4 is 5.91 Å². The molecule has 2 aliphatic rings. The fraction of sp³-hybridized carbons (Fsp3) is 0.500. The number of rotatable bonds is 3. The number of aromatic nitrogens is 2. The molecule has 1 saturated heterocycles. The summed E-state index contributed by atoms with van der Waals surface area (Å²) in [5.41, 5.74) is 1.61. The molecule has 0 bridgehead atoms. The summed E-state index contributed by atoms with van der Waals surface area (Å²) in [5, 5.41) is 4.03. The summed E-state index contributed by atoms with van der Waals surface area (Å²) >= 11 is 0. The summed E-state index contributed by atoms with van der Waals surface area (Å²) in [4.78, 5) is 19.0. The van der Waals surface area contributed by atoms with Crippen molar-refractivity contribution in [2.75, 3.05) is 6.54 Å². The van der Waals surface area contributed by atoms with Gasteiger partial charge < -0.3 is 9.42 Å². The van der Waals surface area contributed by atoms with Crippen molar-refractivity contribution in [1.82, 2.24) is 15.0 Å². The summed E-state index contributed by atoms with van der Waals surface area (Å²) in [6.07, 6.45) is 10.2. The first-order chi connectivity index (χ1) is 11.3. The molecular weight excluding hydrogens is 290 g/mol. The molecule has 4 rings (SSSR count). The van der Waals surface area contributed by atoms with E-state index in [1.165, 1.54) is 0 Å². The van der Waals surface area contributed by atoms with E-state index in [4.69, 9.17) is 4.52 Å². The van der Waals surface area contributed by atoms with E-state index < -0.39 is 0 Å². The lowest BCUT2D eigenvalue weighted by Gasteiger charge is -2.29. The summed E-state index contributed by atoms with van der Waals surface area (Å²) in [6, 6.07) is 5.96. The first-order valence-corrected chi connectivity index (χ1v) is 8.50. The van der Waals surface area contributed by atoms with E-state index in [0.717, 1.165) is 56.4 Å². The summed E-state index contributed by atoms with van der Waals surface area (Å²) in [5.74, 6) is 1.33. The maximum atomic E-state index is 13.0. The van der Waals surface area contributed by atoms with Crippen LogP contribution in [0.15, 0.2) is 35.1 Å². The van der Waals surface area contributed by atoms with Gasteiger partial charge in [0.2, 0.25) is 0 Å². The highest BCUT2D eigenvalue weighted by Crippen LogP contribution is 2.40. The zero-order valence-electron chi connectivity index (χ0n) is 13.1. The molecule has 1 saturated carbocycles. The molecule has 0 radical (unpaired) electrons. The van der Waals surface area contributed by atoms with Gasteiger partial charge in [-0.1, -0.05) is 18.0 Å². The van der Waals surface area contributed by atoms with Crippen LogP contribution >= 0.6 is 0 Å². The zero-order chi connectivity index (χ0) is 15.6. The molecule has 120 valence electrons. The SMILES string of the molecule is O=C(c1cc(C2CC2)on1)N1CCCCCC1c1ccncc1. The van der Waals surface area contributed by atoms with Crippen LogP contribution in [0.25, 0.3) is 0 Å². The predicted molar refractivity (Wildman–Crippen MR) is 85.0 cm³/mol. The zero-order valence-corrected chi connectivity index (χ0v) is 13.1. The summed E-state index contributed by atoms with van der Waals surface area (Å²) in [7, 11) is 0. The minimum atomic E-state index is -0.00985. The Labute approximate surface area is 135 Å². The van der Waals surface area contributed by atoms with Crippen LogP contribution in [0.5, 0.6) is 0 Å². The van der Waals surface area contributed by atoms with Crippen LogP contribution in [0.2, 0.25) is 0 Å². The van der Waals surface area contributed by atoms with Gasteiger partial charge in [0.25, 0.3) is 5.91 Å². The number of hydrogen-bond acceptors (Lipinski definition) is 4. The number of amides is 1. The Balaban J connectivity index is 1.60. The summed E-state index contributed by atoms with van der Waals surface area (Å²) in [6.45, 7) is 0.775. The van der Waals surface area contributed by atoms with Crippen LogP contribution in [0.4, 0.5) is 0 Å². The van der Waals surface area contributed by atoms with E-state index in [-0.39, 0.29) is 11.9 Å². The maximum absolute atomic E-state index is 13.0. The van der Waals surface area contributed by atoms with E-state index in [1.807, 2.05) is 23.1 Å². The molecule has 1 aliphatic carbocycles. The van der Waals surface area contributed by atoms with Crippen molar-refractivity contribution in [1.29, 1.82) is 0 Å². The third-order valence-electron chi connectivity index (χ3n) is 4.83. The second kappa shape index (κ2) is 6.14. The molecule has 2 fully saturated rings. The molecule has 1 atom stereocenters. The minimum absolute atomic E-state index is 0.00985. The van der Waals surface area contributed by atoms with Gasteiger partial charge in [0.05, 0.1) is 6.04 Å². The van der Waals surface area contributed by atoms with Gasteiger partial charge in [-0.15, -0.1) is 0 Å². The lowest BCUT2D eigenvalue weighted by atomic mass is 10.0. The average Bonchev–Trinajstić information content (AvgIpc) is 3.37. The van der Waals surface area contributed by atoms with Crippen molar-refractivity contribution in [3.05, 3.63) is 47.6 Å². The first kappa shape index (κ1) is 14.4. The van der Waals surface area contributed by atoms with Crippen LogP contribution < -0.4 is 0 Å². The van der Waals surface area contributed by atoms with Gasteiger partial charge in [0.1, 0.15) is 5.76 Å². The van der Waals surface area contributed by atoms with Crippen LogP contribution in [-0.2, 0) is 0 Å². The Hall–Kier alpha value is -2.17. The van der Waals surface area contributed by atoms with Crippen molar-refractivity contribution in [2.45, 2.75) is 50.5 Å². The highest BCUT2D eigenvalue weighted by molar-refractivity contribution is 5.92. The van der Waals surface area contributed by atoms with Gasteiger partial charge in [-0.3, -0.25) is 9.78 Å². The van der Waals surface area contributed by atoms with E-state index in [2.05, 4.69) is 10.1 Å². The molecular formula is C18H21N3O2. The fourth-order valence-electron chi connectivity index (χ4n) is 3.38. The Morgan fingerprint density at radius 1 is 1.13 bits per heavy atom. The van der Waals surface area contributed by atoms with Gasteiger partial charge in [-0.25, -0.2) is 0 Å². The van der Waals surface area contributed by atoms with Crippen molar-refractivity contribution in [3.8, 4) is 0 Å². The Morgan fingerprint density at radius 2 is 1.96 bits per heavy atom. The Morgan fingerprint density at radius 3 is 2.74 bits per heavy atom. The van der Waals surface area contributed by atoms with Crippen LogP contribution in [-0.4, -0.2) is 27.5 Å². The third kappa shape index (κ3) is 3.00. The second-order valence-electron chi connectivity index (χ2n) is 6.53. The van der Waals surface area contributed by atoms with E-state index in [9.17, 15) is 4.79 Å². The number of carbonyl (C=O) groups excluding carboxylic acids is 1. The molecule has 3 heterocycles. The molecule has 0 spiro atoms. The minimum Gasteiger partial charge on any atom is -0.360 e. The highest BCUT2D eigenvalue weighted by Gasteiger charge is 2.32. The molecule has 2 aromatic rings. The van der Waals surface area contributed by atoms with Crippen LogP contribution in [0.1, 0.15) is 72.3 Å². The van der Waals surface area contributed by atoms with Crippen molar-refractivity contribution in [3.63, 3.8) is 0 Å². The standard InChI is InChI=1S/C18H21N3O2/c22-18(15-12-17(23-20-15)14-5-6-14)21-11-3-1-2-4-16(21)13-7-9-19-10-8-13/h7-10,12,14,16H,1-6,11H2. The molecule has 2 aromatic heterocycles. The van der Waals surface area contributed by atoms with Gasteiger partial charge >= 0.3 is 0 Å². The third-order valence-corrected chi connectivity index (χ3v) is 4.83. The average molecular weight is 311 g/mol.